The second-order valence-electron chi connectivity index (χ2n) is 7.62. The molecular formula is C23H25FN4O2. The van der Waals surface area contributed by atoms with Gasteiger partial charge in [-0.05, 0) is 52.0 Å². The summed E-state index contributed by atoms with van der Waals surface area (Å²) in [5.74, 6) is 4.45. The average Bonchev–Trinajstić information content (AvgIpc) is 3.19. The number of ether oxygens (including phenoxy) is 1. The minimum atomic E-state index is -2.56. The molecule has 0 aliphatic heterocycles. The van der Waals surface area contributed by atoms with Gasteiger partial charge in [0.05, 0.1) is 8.94 Å². The SMILES string of the molecule is [2H]C([2H])(Oc1cc(-c2cnn(C(C)C)c2)cnc1N)c1cc(C#CC(C)(C)O)ccc1F. The number of pyridine rings is 1. The molecule has 0 amide bonds. The van der Waals surface area contributed by atoms with Crippen LogP contribution in [0, 0.1) is 17.7 Å². The smallest absolute Gasteiger partial charge is 0.166 e. The number of aromatic nitrogens is 3. The molecule has 0 aliphatic rings. The molecule has 1 aromatic carbocycles. The van der Waals surface area contributed by atoms with E-state index in [2.05, 4.69) is 21.9 Å². The number of hydrogen-bond donors (Lipinski definition) is 2. The molecule has 30 heavy (non-hydrogen) atoms. The van der Waals surface area contributed by atoms with Crippen molar-refractivity contribution in [2.75, 3.05) is 5.73 Å². The number of nitrogens with zero attached hydrogens (tertiary/aromatic N) is 3. The molecule has 0 unspecified atom stereocenters. The van der Waals surface area contributed by atoms with Gasteiger partial charge in [-0.2, -0.15) is 5.10 Å². The Hall–Kier alpha value is -3.37. The molecule has 6 nitrogen and oxygen atoms in total. The van der Waals surface area contributed by atoms with Crippen molar-refractivity contribution in [2.45, 2.75) is 45.9 Å². The van der Waals surface area contributed by atoms with Gasteiger partial charge in [0.15, 0.2) is 11.6 Å². The van der Waals surface area contributed by atoms with E-state index in [0.29, 0.717) is 11.1 Å². The van der Waals surface area contributed by atoms with Crippen LogP contribution >= 0.6 is 0 Å². The summed E-state index contributed by atoms with van der Waals surface area (Å²) in [7, 11) is 0. The quantitative estimate of drug-likeness (QED) is 0.622. The van der Waals surface area contributed by atoms with E-state index in [4.69, 9.17) is 13.2 Å². The summed E-state index contributed by atoms with van der Waals surface area (Å²) in [5, 5.41) is 14.1. The van der Waals surface area contributed by atoms with E-state index in [9.17, 15) is 9.50 Å². The summed E-state index contributed by atoms with van der Waals surface area (Å²) >= 11 is 0. The van der Waals surface area contributed by atoms with Gasteiger partial charge in [0.2, 0.25) is 0 Å². The number of anilines is 1. The van der Waals surface area contributed by atoms with Gasteiger partial charge in [-0.25, -0.2) is 9.37 Å². The number of aliphatic hydroxyl groups is 1. The van der Waals surface area contributed by atoms with Crippen LogP contribution in [-0.4, -0.2) is 25.5 Å². The first-order chi connectivity index (χ1) is 14.9. The molecule has 2 aromatic heterocycles. The van der Waals surface area contributed by atoms with Crippen molar-refractivity contribution in [3.05, 3.63) is 59.8 Å². The number of benzene rings is 1. The highest BCUT2D eigenvalue weighted by Gasteiger charge is 2.11. The Morgan fingerprint density at radius 3 is 2.73 bits per heavy atom. The van der Waals surface area contributed by atoms with E-state index in [1.54, 1.807) is 10.9 Å². The molecular weight excluding hydrogens is 383 g/mol. The molecule has 3 N–H and O–H groups in total. The lowest BCUT2D eigenvalue weighted by Crippen LogP contribution is -2.14. The first-order valence-electron chi connectivity index (χ1n) is 10.4. The van der Waals surface area contributed by atoms with Gasteiger partial charge < -0.3 is 15.6 Å². The zero-order chi connectivity index (χ0) is 23.7. The molecule has 0 bridgehead atoms. The zero-order valence-corrected chi connectivity index (χ0v) is 17.3. The summed E-state index contributed by atoms with van der Waals surface area (Å²) in [6.45, 7) is 4.46. The van der Waals surface area contributed by atoms with Crippen LogP contribution in [0.4, 0.5) is 10.2 Å². The van der Waals surface area contributed by atoms with Crippen LogP contribution in [0.3, 0.4) is 0 Å². The van der Waals surface area contributed by atoms with Gasteiger partial charge in [-0.1, -0.05) is 11.8 Å². The number of nitrogens with two attached hydrogens (primary N) is 1. The Morgan fingerprint density at radius 2 is 2.07 bits per heavy atom. The lowest BCUT2D eigenvalue weighted by atomic mass is 10.1. The van der Waals surface area contributed by atoms with Gasteiger partial charge in [-0.15, -0.1) is 0 Å². The van der Waals surface area contributed by atoms with Crippen LogP contribution < -0.4 is 10.5 Å². The Balaban J connectivity index is 1.94. The molecule has 0 saturated carbocycles. The summed E-state index contributed by atoms with van der Waals surface area (Å²) in [4.78, 5) is 4.09. The second-order valence-corrected chi connectivity index (χ2v) is 7.62. The molecule has 0 fully saturated rings. The molecule has 3 rings (SSSR count). The standard InChI is InChI=1S/C23H25FN4O2/c1-15(2)28-13-19(12-27-28)17-10-21(22(25)26-11-17)30-14-18-9-16(5-6-20(18)24)7-8-23(3,4)29/h5-6,9-13,15,29H,14H2,1-4H3,(H2,25,26)/i14D2. The fraction of sp³-hybridized carbons (Fsp3) is 0.304. The average molecular weight is 410 g/mol. The summed E-state index contributed by atoms with van der Waals surface area (Å²) in [6.07, 6.45) is 5.03. The first-order valence-corrected chi connectivity index (χ1v) is 9.40. The van der Waals surface area contributed by atoms with Gasteiger partial charge in [0.1, 0.15) is 18.0 Å². The Bertz CT molecular complexity index is 1190. The second kappa shape index (κ2) is 8.56. The van der Waals surface area contributed by atoms with E-state index >= 15 is 0 Å². The van der Waals surface area contributed by atoms with E-state index in [-0.39, 0.29) is 23.2 Å². The third-order valence-corrected chi connectivity index (χ3v) is 4.10. The van der Waals surface area contributed by atoms with Crippen molar-refractivity contribution in [2.24, 2.45) is 0 Å². The number of halogens is 1. The minimum Gasteiger partial charge on any atom is -0.485 e. The monoisotopic (exact) mass is 410 g/mol. The largest absolute Gasteiger partial charge is 0.485 e. The number of rotatable bonds is 5. The van der Waals surface area contributed by atoms with Crippen LogP contribution in [0.25, 0.3) is 11.1 Å². The maximum absolute atomic E-state index is 14.5. The van der Waals surface area contributed by atoms with E-state index in [0.717, 1.165) is 11.6 Å². The van der Waals surface area contributed by atoms with Crippen molar-refractivity contribution in [1.29, 1.82) is 0 Å². The Kier molecular flexibility index (Phi) is 5.32. The number of nitrogen functional groups attached to an aromatic ring is 1. The van der Waals surface area contributed by atoms with Crippen LogP contribution in [0.15, 0.2) is 42.9 Å². The highest BCUT2D eigenvalue weighted by molar-refractivity contribution is 5.65. The van der Waals surface area contributed by atoms with Crippen molar-refractivity contribution < 1.29 is 17.0 Å². The molecule has 0 radical (unpaired) electrons. The first kappa shape index (κ1) is 18.6. The van der Waals surface area contributed by atoms with Crippen LogP contribution in [0.1, 0.15) is 47.6 Å². The third kappa shape index (κ3) is 5.37. The normalized spacial score (nSPS) is 12.8. The highest BCUT2D eigenvalue weighted by atomic mass is 19.1. The Morgan fingerprint density at radius 1 is 1.30 bits per heavy atom. The molecule has 3 aromatic rings. The fourth-order valence-corrected chi connectivity index (χ4v) is 2.48. The summed E-state index contributed by atoms with van der Waals surface area (Å²) in [6, 6.07) is 5.45. The van der Waals surface area contributed by atoms with E-state index in [1.807, 2.05) is 20.0 Å². The molecule has 7 heteroatoms. The molecule has 0 saturated heterocycles. The summed E-state index contributed by atoms with van der Waals surface area (Å²) in [5.41, 5.74) is 6.02. The molecule has 156 valence electrons. The number of hydrogen-bond acceptors (Lipinski definition) is 5. The van der Waals surface area contributed by atoms with Gasteiger partial charge in [0, 0.05) is 40.7 Å². The highest BCUT2D eigenvalue weighted by Crippen LogP contribution is 2.28. The third-order valence-electron chi connectivity index (χ3n) is 4.10. The van der Waals surface area contributed by atoms with Crippen LogP contribution in [-0.2, 0) is 6.56 Å². The van der Waals surface area contributed by atoms with Crippen molar-refractivity contribution in [3.63, 3.8) is 0 Å². The summed E-state index contributed by atoms with van der Waals surface area (Å²) < 4.78 is 38.4. The molecule has 0 atom stereocenters. The predicted molar refractivity (Wildman–Crippen MR) is 114 cm³/mol. The predicted octanol–water partition coefficient (Wildman–Crippen LogP) is 3.95. The lowest BCUT2D eigenvalue weighted by molar-refractivity contribution is 0.143. The van der Waals surface area contributed by atoms with Crippen LogP contribution in [0.5, 0.6) is 5.75 Å². The topological polar surface area (TPSA) is 86.2 Å². The maximum atomic E-state index is 14.5. The van der Waals surface area contributed by atoms with Gasteiger partial charge >= 0.3 is 0 Å². The molecule has 2 heterocycles. The Labute approximate surface area is 178 Å². The van der Waals surface area contributed by atoms with Crippen molar-refractivity contribution in [3.8, 4) is 28.7 Å². The van der Waals surface area contributed by atoms with Gasteiger partial charge in [-0.3, -0.25) is 4.68 Å². The van der Waals surface area contributed by atoms with Crippen molar-refractivity contribution in [1.82, 2.24) is 14.8 Å². The van der Waals surface area contributed by atoms with E-state index in [1.165, 1.54) is 38.2 Å². The lowest BCUT2D eigenvalue weighted by Gasteiger charge is -2.11. The molecule has 0 aliphatic carbocycles. The zero-order valence-electron chi connectivity index (χ0n) is 19.3. The van der Waals surface area contributed by atoms with Crippen molar-refractivity contribution >= 4 is 5.82 Å². The van der Waals surface area contributed by atoms with Crippen LogP contribution in [0.2, 0.25) is 0 Å². The maximum Gasteiger partial charge on any atom is 0.166 e. The fourth-order valence-electron chi connectivity index (χ4n) is 2.48. The van der Waals surface area contributed by atoms with Gasteiger partial charge in [0.25, 0.3) is 0 Å². The molecule has 0 spiro atoms. The minimum absolute atomic E-state index is 0.0304. The van der Waals surface area contributed by atoms with E-state index < -0.39 is 18.0 Å².